The molecule has 0 aliphatic rings. The van der Waals surface area contributed by atoms with Gasteiger partial charge in [-0.2, -0.15) is 0 Å². The lowest BCUT2D eigenvalue weighted by Gasteiger charge is -2.17. The van der Waals surface area contributed by atoms with E-state index < -0.39 is 0 Å². The number of aromatic amines is 2. The average molecular weight is 297 g/mol. The summed E-state index contributed by atoms with van der Waals surface area (Å²) in [5.74, 6) is 0.175. The van der Waals surface area contributed by atoms with Crippen LogP contribution in [0.1, 0.15) is 18.5 Å². The number of rotatable bonds is 3. The molecule has 0 amide bonds. The van der Waals surface area contributed by atoms with E-state index in [9.17, 15) is 14.7 Å². The molecule has 0 fully saturated rings. The average Bonchev–Trinajstić information content (AvgIpc) is 2.51. The fourth-order valence-electron chi connectivity index (χ4n) is 2.51. The highest BCUT2D eigenvalue weighted by atomic mass is 16.3. The maximum atomic E-state index is 12.0. The van der Waals surface area contributed by atoms with Crippen molar-refractivity contribution in [3.05, 3.63) is 68.7 Å². The van der Waals surface area contributed by atoms with Crippen LogP contribution in [0.25, 0.3) is 10.8 Å². The first-order valence-electron chi connectivity index (χ1n) is 6.86. The van der Waals surface area contributed by atoms with Crippen LogP contribution in [0, 0.1) is 0 Å². The third-order valence-electron chi connectivity index (χ3n) is 3.60. The van der Waals surface area contributed by atoms with Gasteiger partial charge in [-0.1, -0.05) is 24.3 Å². The quantitative estimate of drug-likeness (QED) is 0.595. The number of nitrogens with one attached hydrogen (secondary N) is 3. The van der Waals surface area contributed by atoms with Gasteiger partial charge in [0.25, 0.3) is 11.1 Å². The maximum Gasteiger partial charge on any atom is 0.272 e. The van der Waals surface area contributed by atoms with Crippen LogP contribution in [-0.2, 0) is 0 Å². The van der Waals surface area contributed by atoms with Crippen molar-refractivity contribution in [2.45, 2.75) is 13.0 Å². The molecule has 0 aliphatic heterocycles. The molecule has 112 valence electrons. The normalized spacial score (nSPS) is 12.2. The minimum Gasteiger partial charge on any atom is -0.508 e. The standard InChI is InChI=1S/C16H15N3O3/c1-9(10-5-2-3-8-13(10)20)17-12-7-4-6-11-14(12)16(22)19-18-15(11)21/h2-9,17,20H,1H3,(H,18,21)(H,19,22). The minimum atomic E-state index is -0.373. The molecular formula is C16H15N3O3. The largest absolute Gasteiger partial charge is 0.508 e. The Morgan fingerprint density at radius 3 is 2.50 bits per heavy atom. The van der Waals surface area contributed by atoms with Crippen LogP contribution in [0.15, 0.2) is 52.1 Å². The molecule has 0 aliphatic carbocycles. The van der Waals surface area contributed by atoms with Crippen LogP contribution in [-0.4, -0.2) is 15.3 Å². The van der Waals surface area contributed by atoms with Crippen molar-refractivity contribution >= 4 is 16.5 Å². The molecule has 2 aromatic carbocycles. The number of fused-ring (bicyclic) bond motifs is 1. The Bertz CT molecular complexity index is 943. The number of benzene rings is 2. The highest BCUT2D eigenvalue weighted by Crippen LogP contribution is 2.28. The van der Waals surface area contributed by atoms with Gasteiger partial charge in [0, 0.05) is 11.3 Å². The lowest BCUT2D eigenvalue weighted by Crippen LogP contribution is -2.20. The number of anilines is 1. The van der Waals surface area contributed by atoms with E-state index in [1.807, 2.05) is 13.0 Å². The summed E-state index contributed by atoms with van der Waals surface area (Å²) in [6.45, 7) is 1.87. The van der Waals surface area contributed by atoms with Gasteiger partial charge in [0.05, 0.1) is 16.8 Å². The molecule has 6 nitrogen and oxygen atoms in total. The minimum absolute atomic E-state index is 0.175. The van der Waals surface area contributed by atoms with Gasteiger partial charge in [-0.15, -0.1) is 0 Å². The fourth-order valence-corrected chi connectivity index (χ4v) is 2.51. The monoisotopic (exact) mass is 297 g/mol. The zero-order chi connectivity index (χ0) is 15.7. The number of hydrogen-bond acceptors (Lipinski definition) is 4. The smallest absolute Gasteiger partial charge is 0.272 e. The van der Waals surface area contributed by atoms with Crippen molar-refractivity contribution in [2.24, 2.45) is 0 Å². The molecular weight excluding hydrogens is 282 g/mol. The summed E-state index contributed by atoms with van der Waals surface area (Å²) in [4.78, 5) is 23.8. The Morgan fingerprint density at radius 1 is 1.00 bits per heavy atom. The lowest BCUT2D eigenvalue weighted by molar-refractivity contribution is 0.465. The molecule has 0 bridgehead atoms. The maximum absolute atomic E-state index is 12.0. The number of phenolic OH excluding ortho intramolecular Hbond substituents is 1. The third kappa shape index (κ3) is 2.35. The number of hydrogen-bond donors (Lipinski definition) is 4. The van der Waals surface area contributed by atoms with E-state index in [-0.39, 0.29) is 22.9 Å². The molecule has 0 saturated carbocycles. The molecule has 3 aromatic rings. The first-order chi connectivity index (χ1) is 10.6. The molecule has 1 heterocycles. The Morgan fingerprint density at radius 2 is 1.73 bits per heavy atom. The van der Waals surface area contributed by atoms with Crippen LogP contribution < -0.4 is 16.4 Å². The first-order valence-corrected chi connectivity index (χ1v) is 6.86. The van der Waals surface area contributed by atoms with Crippen molar-refractivity contribution < 1.29 is 5.11 Å². The van der Waals surface area contributed by atoms with Gasteiger partial charge in [-0.05, 0) is 25.1 Å². The summed E-state index contributed by atoms with van der Waals surface area (Å²) < 4.78 is 0. The molecule has 0 spiro atoms. The number of H-pyrrole nitrogens is 2. The van der Waals surface area contributed by atoms with Crippen molar-refractivity contribution in [3.63, 3.8) is 0 Å². The van der Waals surface area contributed by atoms with Gasteiger partial charge in [0.1, 0.15) is 5.75 Å². The second-order valence-electron chi connectivity index (χ2n) is 5.06. The van der Waals surface area contributed by atoms with Crippen LogP contribution >= 0.6 is 0 Å². The van der Waals surface area contributed by atoms with Crippen LogP contribution in [0.2, 0.25) is 0 Å². The SMILES string of the molecule is CC(Nc1cccc2c(=O)[nH][nH]c(=O)c12)c1ccccc1O. The van der Waals surface area contributed by atoms with E-state index in [0.717, 1.165) is 0 Å². The highest BCUT2D eigenvalue weighted by Gasteiger charge is 2.13. The molecule has 4 N–H and O–H groups in total. The fraction of sp³-hybridized carbons (Fsp3) is 0.125. The molecule has 1 aromatic heterocycles. The Balaban J connectivity index is 2.09. The van der Waals surface area contributed by atoms with E-state index >= 15 is 0 Å². The van der Waals surface area contributed by atoms with Crippen molar-refractivity contribution in [2.75, 3.05) is 5.32 Å². The molecule has 0 radical (unpaired) electrons. The van der Waals surface area contributed by atoms with Crippen LogP contribution in [0.5, 0.6) is 5.75 Å². The van der Waals surface area contributed by atoms with E-state index in [1.54, 1.807) is 36.4 Å². The summed E-state index contributed by atoms with van der Waals surface area (Å²) in [5.41, 5.74) is 0.525. The number of para-hydroxylation sites is 1. The number of aromatic hydroxyl groups is 1. The van der Waals surface area contributed by atoms with Gasteiger partial charge in [-0.3, -0.25) is 19.8 Å². The molecule has 1 unspecified atom stereocenters. The molecule has 6 heteroatoms. The van der Waals surface area contributed by atoms with Crippen LogP contribution in [0.3, 0.4) is 0 Å². The summed E-state index contributed by atoms with van der Waals surface area (Å²) in [7, 11) is 0. The van der Waals surface area contributed by atoms with E-state index in [1.165, 1.54) is 0 Å². The number of aromatic nitrogens is 2. The molecule has 3 rings (SSSR count). The second-order valence-corrected chi connectivity index (χ2v) is 5.06. The predicted octanol–water partition coefficient (Wildman–Crippen LogP) is 2.10. The van der Waals surface area contributed by atoms with Crippen molar-refractivity contribution in [1.29, 1.82) is 0 Å². The van der Waals surface area contributed by atoms with Crippen molar-refractivity contribution in [1.82, 2.24) is 10.2 Å². The second kappa shape index (κ2) is 5.40. The topological polar surface area (TPSA) is 98.0 Å². The molecule has 0 saturated heterocycles. The van der Waals surface area contributed by atoms with Gasteiger partial charge in [0.15, 0.2) is 0 Å². The molecule has 22 heavy (non-hydrogen) atoms. The zero-order valence-corrected chi connectivity index (χ0v) is 11.9. The predicted molar refractivity (Wildman–Crippen MR) is 85.3 cm³/mol. The van der Waals surface area contributed by atoms with Gasteiger partial charge < -0.3 is 10.4 Å². The van der Waals surface area contributed by atoms with Gasteiger partial charge in [-0.25, -0.2) is 0 Å². The van der Waals surface area contributed by atoms with Crippen molar-refractivity contribution in [3.8, 4) is 5.75 Å². The highest BCUT2D eigenvalue weighted by molar-refractivity contribution is 5.92. The molecule has 1 atom stereocenters. The van der Waals surface area contributed by atoms with Gasteiger partial charge in [0.2, 0.25) is 0 Å². The third-order valence-corrected chi connectivity index (χ3v) is 3.60. The van der Waals surface area contributed by atoms with Gasteiger partial charge >= 0.3 is 0 Å². The summed E-state index contributed by atoms with van der Waals surface area (Å²) >= 11 is 0. The Labute approximate surface area is 125 Å². The number of phenols is 1. The zero-order valence-electron chi connectivity index (χ0n) is 11.9. The van der Waals surface area contributed by atoms with E-state index in [4.69, 9.17) is 0 Å². The van der Waals surface area contributed by atoms with E-state index in [2.05, 4.69) is 15.5 Å². The summed E-state index contributed by atoms with van der Waals surface area (Å²) in [5, 5.41) is 18.3. The lowest BCUT2D eigenvalue weighted by atomic mass is 10.1. The van der Waals surface area contributed by atoms with Crippen LogP contribution in [0.4, 0.5) is 5.69 Å². The Kier molecular flexibility index (Phi) is 3.42. The summed E-state index contributed by atoms with van der Waals surface area (Å²) in [6.07, 6.45) is 0. The first kappa shape index (κ1) is 13.9. The Hall–Kier alpha value is -3.02. The van der Waals surface area contributed by atoms with E-state index in [0.29, 0.717) is 22.0 Å². The summed E-state index contributed by atoms with van der Waals surface area (Å²) in [6, 6.07) is 11.8.